The molecule has 0 unspecified atom stereocenters. The molecule has 7 nitrogen and oxygen atoms in total. The Kier molecular flexibility index (Phi) is 9.14. The van der Waals surface area contributed by atoms with Gasteiger partial charge in [0.05, 0.1) is 31.7 Å². The molecule has 3 rings (SSSR count). The first-order valence-electron chi connectivity index (χ1n) is 11.1. The molecule has 3 aromatic carbocycles. The summed E-state index contributed by atoms with van der Waals surface area (Å²) in [6.45, 7) is 1.64. The highest BCUT2D eigenvalue weighted by Gasteiger charge is 2.27. The molecule has 186 valence electrons. The van der Waals surface area contributed by atoms with Crippen LogP contribution in [-0.2, 0) is 21.2 Å². The number of carbonyl (C=O) groups excluding carboxylic acids is 1. The summed E-state index contributed by atoms with van der Waals surface area (Å²) < 4.78 is 38.6. The van der Waals surface area contributed by atoms with Crippen molar-refractivity contribution in [3.63, 3.8) is 0 Å². The molecule has 0 aliphatic heterocycles. The molecule has 1 amide bonds. The number of nitrogens with one attached hydrogen (secondary N) is 1. The van der Waals surface area contributed by atoms with Crippen LogP contribution < -0.4 is 14.8 Å². The van der Waals surface area contributed by atoms with Crippen LogP contribution in [0.15, 0.2) is 77.7 Å². The van der Waals surface area contributed by atoms with Crippen molar-refractivity contribution >= 4 is 27.5 Å². The second-order valence-electron chi connectivity index (χ2n) is 7.93. The molecule has 3 aromatic rings. The number of hydrogen-bond acceptors (Lipinski definition) is 5. The van der Waals surface area contributed by atoms with Crippen LogP contribution in [0.3, 0.4) is 0 Å². The third-order valence-corrected chi connectivity index (χ3v) is 7.66. The third kappa shape index (κ3) is 6.97. The van der Waals surface area contributed by atoms with Crippen LogP contribution in [0.1, 0.15) is 24.1 Å². The summed E-state index contributed by atoms with van der Waals surface area (Å²) in [6, 6.07) is 20.4. The van der Waals surface area contributed by atoms with Crippen molar-refractivity contribution in [1.29, 1.82) is 0 Å². The van der Waals surface area contributed by atoms with Crippen molar-refractivity contribution in [2.24, 2.45) is 0 Å². The molecule has 0 saturated carbocycles. The van der Waals surface area contributed by atoms with Crippen LogP contribution in [-0.4, -0.2) is 45.9 Å². The van der Waals surface area contributed by atoms with Crippen LogP contribution in [0.25, 0.3) is 0 Å². The highest BCUT2D eigenvalue weighted by Crippen LogP contribution is 2.30. The molecule has 0 fully saturated rings. The average molecular weight is 517 g/mol. The van der Waals surface area contributed by atoms with Gasteiger partial charge in [0.1, 0.15) is 0 Å². The van der Waals surface area contributed by atoms with E-state index in [0.29, 0.717) is 22.9 Å². The van der Waals surface area contributed by atoms with Crippen LogP contribution >= 0.6 is 11.6 Å². The molecule has 0 radical (unpaired) electrons. The van der Waals surface area contributed by atoms with E-state index in [9.17, 15) is 13.2 Å². The van der Waals surface area contributed by atoms with Crippen LogP contribution in [0.2, 0.25) is 5.02 Å². The van der Waals surface area contributed by atoms with Gasteiger partial charge in [-0.1, -0.05) is 48.0 Å². The van der Waals surface area contributed by atoms with Gasteiger partial charge in [-0.25, -0.2) is 8.42 Å². The molecular weight excluding hydrogens is 488 g/mol. The Balaban J connectivity index is 1.78. The lowest BCUT2D eigenvalue weighted by molar-refractivity contribution is -0.121. The first-order valence-corrected chi connectivity index (χ1v) is 12.9. The van der Waals surface area contributed by atoms with E-state index >= 15 is 0 Å². The number of halogens is 1. The Morgan fingerprint density at radius 1 is 0.971 bits per heavy atom. The molecule has 0 aromatic heterocycles. The fourth-order valence-electron chi connectivity index (χ4n) is 3.59. The van der Waals surface area contributed by atoms with Crippen molar-refractivity contribution in [3.8, 4) is 11.5 Å². The molecule has 1 N–H and O–H groups in total. The van der Waals surface area contributed by atoms with Gasteiger partial charge in [0.15, 0.2) is 11.5 Å². The second-order valence-corrected chi connectivity index (χ2v) is 10.3. The Morgan fingerprint density at radius 3 is 2.26 bits per heavy atom. The first-order chi connectivity index (χ1) is 16.7. The monoisotopic (exact) mass is 516 g/mol. The number of benzene rings is 3. The van der Waals surface area contributed by atoms with E-state index in [1.807, 2.05) is 43.3 Å². The Labute approximate surface area is 211 Å². The van der Waals surface area contributed by atoms with E-state index < -0.39 is 15.9 Å². The van der Waals surface area contributed by atoms with Gasteiger partial charge < -0.3 is 14.8 Å². The molecule has 35 heavy (non-hydrogen) atoms. The largest absolute Gasteiger partial charge is 0.493 e. The van der Waals surface area contributed by atoms with E-state index in [1.165, 1.54) is 35.7 Å². The first kappa shape index (κ1) is 26.5. The molecule has 0 spiro atoms. The highest BCUT2D eigenvalue weighted by molar-refractivity contribution is 7.89. The molecular formula is C26H29ClN2O5S. The van der Waals surface area contributed by atoms with E-state index in [-0.39, 0.29) is 24.0 Å². The van der Waals surface area contributed by atoms with E-state index in [0.717, 1.165) is 11.1 Å². The molecule has 0 heterocycles. The minimum atomic E-state index is -3.93. The summed E-state index contributed by atoms with van der Waals surface area (Å²) in [5.74, 6) is 0.703. The van der Waals surface area contributed by atoms with Gasteiger partial charge in [-0.05, 0) is 60.9 Å². The predicted octanol–water partition coefficient (Wildman–Crippen LogP) is 4.47. The van der Waals surface area contributed by atoms with Gasteiger partial charge in [-0.2, -0.15) is 4.31 Å². The number of nitrogens with zero attached hydrogens (tertiary/aromatic N) is 1. The number of carbonyl (C=O) groups is 1. The average Bonchev–Trinajstić information content (AvgIpc) is 2.86. The van der Waals surface area contributed by atoms with Crippen molar-refractivity contribution < 1.29 is 22.7 Å². The zero-order valence-electron chi connectivity index (χ0n) is 19.9. The maximum absolute atomic E-state index is 13.4. The van der Waals surface area contributed by atoms with Gasteiger partial charge in [-0.3, -0.25) is 4.79 Å². The molecule has 0 saturated heterocycles. The van der Waals surface area contributed by atoms with Gasteiger partial charge in [0, 0.05) is 11.6 Å². The maximum atomic E-state index is 13.4. The van der Waals surface area contributed by atoms with Crippen molar-refractivity contribution in [3.05, 3.63) is 88.9 Å². The van der Waals surface area contributed by atoms with E-state index in [1.54, 1.807) is 19.2 Å². The number of methoxy groups -OCH3 is 2. The Morgan fingerprint density at radius 2 is 1.63 bits per heavy atom. The summed E-state index contributed by atoms with van der Waals surface area (Å²) in [5.41, 5.74) is 1.77. The highest BCUT2D eigenvalue weighted by atomic mass is 35.5. The molecule has 0 bridgehead atoms. The minimum absolute atomic E-state index is 0.0794. The SMILES string of the molecule is COc1ccc([C@H](C)NC(=O)CN(CCc2ccccc2)S(=O)(=O)c2ccc(Cl)cc2)cc1OC. The lowest BCUT2D eigenvalue weighted by Gasteiger charge is -2.23. The van der Waals surface area contributed by atoms with Gasteiger partial charge >= 0.3 is 0 Å². The fourth-order valence-corrected chi connectivity index (χ4v) is 5.11. The summed E-state index contributed by atoms with van der Waals surface area (Å²) in [4.78, 5) is 13.0. The summed E-state index contributed by atoms with van der Waals surface area (Å²) >= 11 is 5.93. The Bertz CT molecular complexity index is 1230. The van der Waals surface area contributed by atoms with E-state index in [4.69, 9.17) is 21.1 Å². The zero-order chi connectivity index (χ0) is 25.4. The molecule has 0 aliphatic rings. The maximum Gasteiger partial charge on any atom is 0.243 e. The summed E-state index contributed by atoms with van der Waals surface area (Å²) in [6.07, 6.45) is 0.464. The zero-order valence-corrected chi connectivity index (χ0v) is 21.5. The topological polar surface area (TPSA) is 84.9 Å². The normalized spacial score (nSPS) is 12.3. The van der Waals surface area contributed by atoms with Crippen LogP contribution in [0.5, 0.6) is 11.5 Å². The molecule has 0 aliphatic carbocycles. The van der Waals surface area contributed by atoms with E-state index in [2.05, 4.69) is 5.32 Å². The van der Waals surface area contributed by atoms with Crippen molar-refractivity contribution in [2.45, 2.75) is 24.3 Å². The van der Waals surface area contributed by atoms with Gasteiger partial charge in [0.25, 0.3) is 0 Å². The number of amides is 1. The second kappa shape index (κ2) is 12.1. The number of ether oxygens (including phenoxy) is 2. The molecule has 1 atom stereocenters. The number of hydrogen-bond donors (Lipinski definition) is 1. The van der Waals surface area contributed by atoms with Crippen molar-refractivity contribution in [2.75, 3.05) is 27.3 Å². The van der Waals surface area contributed by atoms with Gasteiger partial charge in [0.2, 0.25) is 15.9 Å². The smallest absolute Gasteiger partial charge is 0.243 e. The minimum Gasteiger partial charge on any atom is -0.493 e. The lowest BCUT2D eigenvalue weighted by atomic mass is 10.1. The van der Waals surface area contributed by atoms with Gasteiger partial charge in [-0.15, -0.1) is 0 Å². The molecule has 9 heteroatoms. The number of rotatable bonds is 11. The van der Waals surface area contributed by atoms with Crippen LogP contribution in [0, 0.1) is 0 Å². The lowest BCUT2D eigenvalue weighted by Crippen LogP contribution is -2.42. The standard InChI is InChI=1S/C26H29ClN2O5S/c1-19(21-9-14-24(33-2)25(17-21)34-3)28-26(30)18-29(16-15-20-7-5-4-6-8-20)35(31,32)23-12-10-22(27)11-13-23/h4-14,17,19H,15-16,18H2,1-3H3,(H,28,30)/t19-/m0/s1. The third-order valence-electron chi connectivity index (χ3n) is 5.55. The summed E-state index contributed by atoms with van der Waals surface area (Å²) in [5, 5.41) is 3.32. The fraction of sp³-hybridized carbons (Fsp3) is 0.269. The quantitative estimate of drug-likeness (QED) is 0.406. The van der Waals surface area contributed by atoms with Crippen LogP contribution in [0.4, 0.5) is 0 Å². The Hall–Kier alpha value is -3.07. The van der Waals surface area contributed by atoms with Crippen molar-refractivity contribution in [1.82, 2.24) is 9.62 Å². The predicted molar refractivity (Wildman–Crippen MR) is 136 cm³/mol. The summed E-state index contributed by atoms with van der Waals surface area (Å²) in [7, 11) is -0.838. The number of sulfonamides is 1.